The van der Waals surface area contributed by atoms with Crippen molar-refractivity contribution in [2.75, 3.05) is 31.2 Å². The van der Waals surface area contributed by atoms with Crippen molar-refractivity contribution in [2.24, 2.45) is 17.6 Å². The minimum Gasteiger partial charge on any atom is -0.378 e. The Morgan fingerprint density at radius 2 is 1.54 bits per heavy atom. The van der Waals surface area contributed by atoms with Crippen molar-refractivity contribution >= 4 is 22.8 Å². The number of carbonyl (C=O) groups is 1. The lowest BCUT2D eigenvalue weighted by atomic mass is 9.63. The molecule has 2 aliphatic carbocycles. The number of carbonyl (C=O) groups excluding carboxylic acids is 1. The van der Waals surface area contributed by atoms with Gasteiger partial charge in [0.05, 0.1) is 24.2 Å². The normalized spacial score (nSPS) is 20.4. The Balaban J connectivity index is 1.53. The van der Waals surface area contributed by atoms with Gasteiger partial charge in [0.25, 0.3) is 0 Å². The summed E-state index contributed by atoms with van der Waals surface area (Å²) in [6.07, 6.45) is 13.2. The Morgan fingerprint density at radius 1 is 0.892 bits per heavy atom. The topological polar surface area (TPSA) is 86.3 Å². The van der Waals surface area contributed by atoms with Gasteiger partial charge in [0, 0.05) is 24.8 Å². The van der Waals surface area contributed by atoms with Crippen molar-refractivity contribution in [1.82, 2.24) is 14.5 Å². The molecule has 2 N–H and O–H groups in total. The van der Waals surface area contributed by atoms with Crippen LogP contribution in [0, 0.1) is 11.8 Å². The van der Waals surface area contributed by atoms with Crippen LogP contribution in [-0.2, 0) is 15.1 Å². The summed E-state index contributed by atoms with van der Waals surface area (Å²) in [5.74, 6) is 2.03. The molecule has 1 amide bonds. The van der Waals surface area contributed by atoms with E-state index in [0.29, 0.717) is 0 Å². The van der Waals surface area contributed by atoms with Crippen LogP contribution in [0.4, 0.5) is 5.82 Å². The monoisotopic (exact) mass is 501 g/mol. The fourth-order valence-electron chi connectivity index (χ4n) is 7.39. The van der Waals surface area contributed by atoms with E-state index in [9.17, 15) is 4.79 Å². The van der Waals surface area contributed by atoms with Gasteiger partial charge in [-0.25, -0.2) is 9.97 Å². The fraction of sp³-hybridized carbons (Fsp3) is 0.567. The number of rotatable bonds is 6. The summed E-state index contributed by atoms with van der Waals surface area (Å²) in [4.78, 5) is 26.2. The molecule has 0 atom stereocenters. The number of hydrogen-bond donors (Lipinski definition) is 1. The Kier molecular flexibility index (Phi) is 6.89. The SMILES string of the molecule is NC(=O)C(C1CCCCC1)(C1CCCCC1)n1c(-c2ccc(N3CCOCC3)nc2)nc2ccccc21. The average Bonchev–Trinajstić information content (AvgIpc) is 3.35. The smallest absolute Gasteiger partial charge is 0.244 e. The van der Waals surface area contributed by atoms with Gasteiger partial charge in [-0.15, -0.1) is 0 Å². The standard InChI is InChI=1S/C30H39N5O2/c31-29(36)30(23-9-3-1-4-10-23,24-11-5-2-6-12-24)35-26-14-8-7-13-25(26)33-28(35)22-15-16-27(32-21-22)34-17-19-37-20-18-34/h7-8,13-16,21,23-24H,1-6,9-12,17-20H2,(H2,31,36). The van der Waals surface area contributed by atoms with Crippen LogP contribution in [0.1, 0.15) is 64.2 Å². The number of benzene rings is 1. The van der Waals surface area contributed by atoms with E-state index in [2.05, 4.69) is 39.8 Å². The summed E-state index contributed by atoms with van der Waals surface area (Å²) in [5, 5.41) is 0. The van der Waals surface area contributed by atoms with Crippen LogP contribution in [0.25, 0.3) is 22.4 Å². The third-order valence-corrected chi connectivity index (χ3v) is 9.12. The van der Waals surface area contributed by atoms with Crippen LogP contribution < -0.4 is 10.6 Å². The van der Waals surface area contributed by atoms with Crippen molar-refractivity contribution in [3.63, 3.8) is 0 Å². The first kappa shape index (κ1) is 24.4. The molecule has 1 aliphatic heterocycles. The molecule has 3 heterocycles. The molecule has 37 heavy (non-hydrogen) atoms. The van der Waals surface area contributed by atoms with Crippen LogP contribution in [-0.4, -0.2) is 46.7 Å². The van der Waals surface area contributed by atoms with Crippen LogP contribution in [0.15, 0.2) is 42.6 Å². The first-order valence-electron chi connectivity index (χ1n) is 14.3. The zero-order valence-corrected chi connectivity index (χ0v) is 21.8. The summed E-state index contributed by atoms with van der Waals surface area (Å²) in [6.45, 7) is 3.14. The molecule has 1 saturated heterocycles. The zero-order valence-electron chi connectivity index (χ0n) is 21.8. The molecule has 7 heteroatoms. The Labute approximate surface area is 219 Å². The average molecular weight is 502 g/mol. The number of ether oxygens (including phenoxy) is 1. The number of primary amides is 1. The number of fused-ring (bicyclic) bond motifs is 1. The number of anilines is 1. The molecular weight excluding hydrogens is 462 g/mol. The highest BCUT2D eigenvalue weighted by Crippen LogP contribution is 2.50. The molecule has 3 fully saturated rings. The number of imidazole rings is 1. The Morgan fingerprint density at radius 3 is 2.14 bits per heavy atom. The van der Waals surface area contributed by atoms with Gasteiger partial charge in [-0.1, -0.05) is 50.7 Å². The lowest BCUT2D eigenvalue weighted by molar-refractivity contribution is -0.135. The van der Waals surface area contributed by atoms with E-state index in [0.717, 1.165) is 106 Å². The second-order valence-electron chi connectivity index (χ2n) is 11.1. The predicted molar refractivity (Wildman–Crippen MR) is 146 cm³/mol. The maximum absolute atomic E-state index is 13.9. The number of aromatic nitrogens is 3. The summed E-state index contributed by atoms with van der Waals surface area (Å²) in [7, 11) is 0. The molecule has 2 saturated carbocycles. The van der Waals surface area contributed by atoms with Gasteiger partial charge in [0.1, 0.15) is 17.2 Å². The second-order valence-corrected chi connectivity index (χ2v) is 11.1. The molecule has 6 rings (SSSR count). The van der Waals surface area contributed by atoms with Gasteiger partial charge in [-0.05, 0) is 61.8 Å². The van der Waals surface area contributed by atoms with Crippen molar-refractivity contribution in [2.45, 2.75) is 69.7 Å². The maximum Gasteiger partial charge on any atom is 0.244 e. The lowest BCUT2D eigenvalue weighted by Gasteiger charge is -2.48. The van der Waals surface area contributed by atoms with E-state index in [4.69, 9.17) is 20.4 Å². The van der Waals surface area contributed by atoms with Crippen molar-refractivity contribution in [1.29, 1.82) is 0 Å². The lowest BCUT2D eigenvalue weighted by Crippen LogP contribution is -2.58. The summed E-state index contributed by atoms with van der Waals surface area (Å²) >= 11 is 0. The van der Waals surface area contributed by atoms with E-state index in [1.807, 2.05) is 12.3 Å². The molecule has 3 aromatic rings. The minimum atomic E-state index is -0.783. The first-order valence-corrected chi connectivity index (χ1v) is 14.3. The molecule has 1 aromatic carbocycles. The van der Waals surface area contributed by atoms with E-state index in [1.54, 1.807) is 0 Å². The highest BCUT2D eigenvalue weighted by molar-refractivity contribution is 5.89. The van der Waals surface area contributed by atoms with Crippen molar-refractivity contribution in [3.8, 4) is 11.4 Å². The number of morpholine rings is 1. The maximum atomic E-state index is 13.9. The summed E-state index contributed by atoms with van der Waals surface area (Å²) in [6, 6.07) is 12.4. The van der Waals surface area contributed by atoms with Crippen LogP contribution >= 0.6 is 0 Å². The van der Waals surface area contributed by atoms with Crippen LogP contribution in [0.2, 0.25) is 0 Å². The fourth-order valence-corrected chi connectivity index (χ4v) is 7.39. The highest BCUT2D eigenvalue weighted by Gasteiger charge is 2.53. The molecule has 0 radical (unpaired) electrons. The second kappa shape index (κ2) is 10.4. The largest absolute Gasteiger partial charge is 0.378 e. The molecule has 7 nitrogen and oxygen atoms in total. The van der Waals surface area contributed by atoms with Gasteiger partial charge < -0.3 is 19.9 Å². The number of hydrogen-bond acceptors (Lipinski definition) is 5. The summed E-state index contributed by atoms with van der Waals surface area (Å²) in [5.41, 5.74) is 8.63. The molecule has 2 aromatic heterocycles. The predicted octanol–water partition coefficient (Wildman–Crippen LogP) is 5.28. The number of para-hydroxylation sites is 2. The van der Waals surface area contributed by atoms with Crippen molar-refractivity contribution in [3.05, 3.63) is 42.6 Å². The number of pyridine rings is 1. The minimum absolute atomic E-state index is 0.186. The van der Waals surface area contributed by atoms with Gasteiger partial charge in [-0.2, -0.15) is 0 Å². The molecule has 196 valence electrons. The van der Waals surface area contributed by atoms with Gasteiger partial charge in [-0.3, -0.25) is 4.79 Å². The number of nitrogens with two attached hydrogens (primary N) is 1. The van der Waals surface area contributed by atoms with Gasteiger partial charge in [0.2, 0.25) is 5.91 Å². The quantitative estimate of drug-likeness (QED) is 0.497. The van der Waals surface area contributed by atoms with Gasteiger partial charge >= 0.3 is 0 Å². The molecule has 3 aliphatic rings. The number of nitrogens with zero attached hydrogens (tertiary/aromatic N) is 4. The third kappa shape index (κ3) is 4.31. The van der Waals surface area contributed by atoms with Gasteiger partial charge in [0.15, 0.2) is 0 Å². The third-order valence-electron chi connectivity index (χ3n) is 9.12. The zero-order chi connectivity index (χ0) is 25.2. The van der Waals surface area contributed by atoms with Crippen LogP contribution in [0.3, 0.4) is 0 Å². The van der Waals surface area contributed by atoms with E-state index >= 15 is 0 Å². The summed E-state index contributed by atoms with van der Waals surface area (Å²) < 4.78 is 7.79. The van der Waals surface area contributed by atoms with Crippen LogP contribution in [0.5, 0.6) is 0 Å². The first-order chi connectivity index (χ1) is 18.2. The van der Waals surface area contributed by atoms with E-state index in [-0.39, 0.29) is 17.7 Å². The molecule has 0 unspecified atom stereocenters. The number of amides is 1. The molecule has 0 bridgehead atoms. The van der Waals surface area contributed by atoms with Crippen molar-refractivity contribution < 1.29 is 9.53 Å². The Bertz CT molecular complexity index is 1200. The Hall–Kier alpha value is -2.93. The molecular formula is C30H39N5O2. The molecule has 0 spiro atoms. The van der Waals surface area contributed by atoms with E-state index in [1.165, 1.54) is 12.8 Å². The van der Waals surface area contributed by atoms with E-state index < -0.39 is 5.54 Å². The highest BCUT2D eigenvalue weighted by atomic mass is 16.5.